The van der Waals surface area contributed by atoms with Crippen LogP contribution in [0.4, 0.5) is 0 Å². The van der Waals surface area contributed by atoms with Crippen molar-refractivity contribution in [3.8, 4) is 0 Å². The summed E-state index contributed by atoms with van der Waals surface area (Å²) < 4.78 is 0. The van der Waals surface area contributed by atoms with E-state index in [1.807, 2.05) is 19.9 Å². The Kier molecular flexibility index (Phi) is 5.70. The van der Waals surface area contributed by atoms with Crippen LogP contribution in [0, 0.1) is 0 Å². The minimum Gasteiger partial charge on any atom is -0.478 e. The molecule has 1 rings (SSSR count). The second-order valence-electron chi connectivity index (χ2n) is 5.59. The predicted octanol–water partition coefficient (Wildman–Crippen LogP) is 1.56. The number of carbonyl (C=O) groups is 2. The Bertz CT molecular complexity index is 478. The van der Waals surface area contributed by atoms with E-state index in [1.54, 1.807) is 18.2 Å². The van der Waals surface area contributed by atoms with Crippen LogP contribution in [0.2, 0.25) is 0 Å². The Morgan fingerprint density at radius 2 is 2.05 bits per heavy atom. The second-order valence-corrected chi connectivity index (χ2v) is 5.59. The predicted molar refractivity (Wildman–Crippen MR) is 77.6 cm³/mol. The molecule has 20 heavy (non-hydrogen) atoms. The summed E-state index contributed by atoms with van der Waals surface area (Å²) in [5, 5.41) is 11.7. The summed E-state index contributed by atoms with van der Waals surface area (Å²) in [6, 6.07) is 6.73. The first kappa shape index (κ1) is 16.2. The van der Waals surface area contributed by atoms with Crippen LogP contribution in [-0.2, 0) is 11.2 Å². The van der Waals surface area contributed by atoms with E-state index in [1.165, 1.54) is 0 Å². The highest BCUT2D eigenvalue weighted by Gasteiger charge is 2.12. The van der Waals surface area contributed by atoms with E-state index in [9.17, 15) is 9.59 Å². The van der Waals surface area contributed by atoms with Gasteiger partial charge in [-0.1, -0.05) is 12.1 Å². The summed E-state index contributed by atoms with van der Waals surface area (Å²) in [7, 11) is 0. The van der Waals surface area contributed by atoms with E-state index in [0.717, 1.165) is 5.56 Å². The number of aromatic carboxylic acids is 1. The number of carboxylic acids is 1. The molecule has 0 bridgehead atoms. The Morgan fingerprint density at radius 1 is 1.35 bits per heavy atom. The summed E-state index contributed by atoms with van der Waals surface area (Å²) in [5.74, 6) is -0.973. The summed E-state index contributed by atoms with van der Waals surface area (Å²) in [6.45, 7) is 4.27. The first-order chi connectivity index (χ1) is 9.28. The number of rotatable bonds is 7. The van der Waals surface area contributed by atoms with E-state index in [-0.39, 0.29) is 17.0 Å². The molecule has 1 amide bonds. The first-order valence-electron chi connectivity index (χ1n) is 6.66. The number of amides is 1. The molecule has 0 saturated heterocycles. The summed E-state index contributed by atoms with van der Waals surface area (Å²) in [4.78, 5) is 22.4. The molecule has 0 aliphatic rings. The lowest BCUT2D eigenvalue weighted by atomic mass is 10.00. The number of nitrogens with one attached hydrogen (secondary N) is 1. The summed E-state index contributed by atoms with van der Waals surface area (Å²) >= 11 is 0. The fourth-order valence-electron chi connectivity index (χ4n) is 1.73. The number of benzene rings is 1. The van der Waals surface area contributed by atoms with E-state index < -0.39 is 5.97 Å². The van der Waals surface area contributed by atoms with E-state index in [0.29, 0.717) is 25.8 Å². The molecule has 5 nitrogen and oxygen atoms in total. The molecule has 0 aliphatic heterocycles. The van der Waals surface area contributed by atoms with Gasteiger partial charge in [0, 0.05) is 18.5 Å². The van der Waals surface area contributed by atoms with Gasteiger partial charge in [0.1, 0.15) is 0 Å². The fourth-order valence-corrected chi connectivity index (χ4v) is 1.73. The molecule has 0 heterocycles. The van der Waals surface area contributed by atoms with Crippen LogP contribution >= 0.6 is 0 Å². The van der Waals surface area contributed by atoms with Crippen molar-refractivity contribution in [2.24, 2.45) is 5.73 Å². The zero-order chi connectivity index (χ0) is 15.2. The zero-order valence-corrected chi connectivity index (χ0v) is 12.0. The van der Waals surface area contributed by atoms with Crippen LogP contribution in [-0.4, -0.2) is 29.1 Å². The summed E-state index contributed by atoms with van der Waals surface area (Å²) in [6.07, 6.45) is 1.64. The third kappa shape index (κ3) is 6.33. The second kappa shape index (κ2) is 7.05. The van der Waals surface area contributed by atoms with Crippen molar-refractivity contribution in [3.05, 3.63) is 35.4 Å². The van der Waals surface area contributed by atoms with Gasteiger partial charge >= 0.3 is 5.97 Å². The average Bonchev–Trinajstić information content (AvgIpc) is 2.36. The molecule has 0 aliphatic carbocycles. The van der Waals surface area contributed by atoms with Crippen molar-refractivity contribution in [1.29, 1.82) is 0 Å². The third-order valence-electron chi connectivity index (χ3n) is 2.91. The van der Waals surface area contributed by atoms with Gasteiger partial charge in [-0.25, -0.2) is 4.79 Å². The van der Waals surface area contributed by atoms with Crippen LogP contribution < -0.4 is 11.1 Å². The topological polar surface area (TPSA) is 92.4 Å². The minimum absolute atomic E-state index is 0.0297. The Labute approximate surface area is 119 Å². The van der Waals surface area contributed by atoms with Gasteiger partial charge in [0.25, 0.3) is 0 Å². The molecular formula is C15H22N2O3. The molecular weight excluding hydrogens is 256 g/mol. The van der Waals surface area contributed by atoms with Crippen molar-refractivity contribution in [3.63, 3.8) is 0 Å². The molecule has 110 valence electrons. The minimum atomic E-state index is -0.943. The highest BCUT2D eigenvalue weighted by atomic mass is 16.4. The lowest BCUT2D eigenvalue weighted by molar-refractivity contribution is -0.121. The summed E-state index contributed by atoms with van der Waals surface area (Å²) in [5.41, 5.74) is 6.63. The molecule has 0 radical (unpaired) electrons. The molecule has 5 heteroatoms. The molecule has 0 saturated carbocycles. The van der Waals surface area contributed by atoms with Crippen molar-refractivity contribution in [1.82, 2.24) is 5.32 Å². The smallest absolute Gasteiger partial charge is 0.335 e. The van der Waals surface area contributed by atoms with Crippen molar-refractivity contribution in [2.45, 2.75) is 38.6 Å². The largest absolute Gasteiger partial charge is 0.478 e. The van der Waals surface area contributed by atoms with Gasteiger partial charge in [-0.15, -0.1) is 0 Å². The van der Waals surface area contributed by atoms with Crippen LogP contribution in [0.5, 0.6) is 0 Å². The van der Waals surface area contributed by atoms with Gasteiger partial charge in [-0.2, -0.15) is 0 Å². The molecule has 0 unspecified atom stereocenters. The van der Waals surface area contributed by atoms with Gasteiger partial charge < -0.3 is 16.2 Å². The highest BCUT2D eigenvalue weighted by molar-refractivity contribution is 5.87. The van der Waals surface area contributed by atoms with Crippen LogP contribution in [0.3, 0.4) is 0 Å². The van der Waals surface area contributed by atoms with E-state index in [4.69, 9.17) is 10.8 Å². The first-order valence-corrected chi connectivity index (χ1v) is 6.66. The monoisotopic (exact) mass is 278 g/mol. The normalized spacial score (nSPS) is 11.2. The van der Waals surface area contributed by atoms with Gasteiger partial charge in [0.15, 0.2) is 0 Å². The molecule has 1 aromatic rings. The standard InChI is InChI=1S/C15H22N2O3/c1-15(2,16)8-6-13(18)17-9-7-11-4-3-5-12(10-11)14(19)20/h3-5,10H,6-9,16H2,1-2H3,(H,17,18)(H,19,20). The highest BCUT2D eigenvalue weighted by Crippen LogP contribution is 2.07. The maximum atomic E-state index is 11.6. The number of hydrogen-bond acceptors (Lipinski definition) is 3. The Morgan fingerprint density at radius 3 is 2.65 bits per heavy atom. The lowest BCUT2D eigenvalue weighted by Crippen LogP contribution is -2.34. The number of hydrogen-bond donors (Lipinski definition) is 3. The fraction of sp³-hybridized carbons (Fsp3) is 0.467. The van der Waals surface area contributed by atoms with Gasteiger partial charge in [0.05, 0.1) is 5.56 Å². The van der Waals surface area contributed by atoms with E-state index >= 15 is 0 Å². The van der Waals surface area contributed by atoms with Crippen molar-refractivity contribution in [2.75, 3.05) is 6.54 Å². The van der Waals surface area contributed by atoms with Gasteiger partial charge in [-0.3, -0.25) is 4.79 Å². The van der Waals surface area contributed by atoms with Crippen molar-refractivity contribution < 1.29 is 14.7 Å². The van der Waals surface area contributed by atoms with Crippen LogP contribution in [0.1, 0.15) is 42.6 Å². The van der Waals surface area contributed by atoms with Crippen LogP contribution in [0.15, 0.2) is 24.3 Å². The maximum Gasteiger partial charge on any atom is 0.335 e. The quantitative estimate of drug-likeness (QED) is 0.705. The molecule has 0 aromatic heterocycles. The molecule has 4 N–H and O–H groups in total. The lowest BCUT2D eigenvalue weighted by Gasteiger charge is -2.17. The van der Waals surface area contributed by atoms with Gasteiger partial charge in [-0.05, 0) is 44.4 Å². The zero-order valence-electron chi connectivity index (χ0n) is 12.0. The Hall–Kier alpha value is -1.88. The van der Waals surface area contributed by atoms with E-state index in [2.05, 4.69) is 5.32 Å². The molecule has 0 spiro atoms. The number of carbonyl (C=O) groups excluding carboxylic acids is 1. The Balaban J connectivity index is 2.35. The third-order valence-corrected chi connectivity index (χ3v) is 2.91. The average molecular weight is 278 g/mol. The number of nitrogens with two attached hydrogens (primary N) is 1. The molecule has 0 atom stereocenters. The molecule has 0 fully saturated rings. The molecule has 1 aromatic carbocycles. The maximum absolute atomic E-state index is 11.6. The SMILES string of the molecule is CC(C)(N)CCC(=O)NCCc1cccc(C(=O)O)c1. The van der Waals surface area contributed by atoms with Crippen molar-refractivity contribution >= 4 is 11.9 Å². The van der Waals surface area contributed by atoms with Crippen LogP contribution in [0.25, 0.3) is 0 Å². The van der Waals surface area contributed by atoms with Gasteiger partial charge in [0.2, 0.25) is 5.91 Å². The number of carboxylic acid groups (broad SMARTS) is 1.